The number of nitrogens with zero attached hydrogens (tertiary/aromatic N) is 1. The van der Waals surface area contributed by atoms with E-state index in [9.17, 15) is 17.6 Å². The number of hydrogen-bond acceptors (Lipinski definition) is 6. The number of benzene rings is 1. The van der Waals surface area contributed by atoms with Gasteiger partial charge in [0.15, 0.2) is 6.10 Å². The first-order chi connectivity index (χ1) is 9.82. The zero-order chi connectivity index (χ0) is 15.6. The third-order valence-corrected chi connectivity index (χ3v) is 4.03. The highest BCUT2D eigenvalue weighted by Crippen LogP contribution is 2.24. The summed E-state index contributed by atoms with van der Waals surface area (Å²) in [5.74, 6) is -1.27. The fourth-order valence-corrected chi connectivity index (χ4v) is 2.59. The number of ether oxygens (including phenoxy) is 2. The Bertz CT molecular complexity index is 649. The van der Waals surface area contributed by atoms with Crippen molar-refractivity contribution in [3.63, 3.8) is 0 Å². The molecule has 116 valence electrons. The van der Waals surface area contributed by atoms with Gasteiger partial charge in [0.2, 0.25) is 10.0 Å². The summed E-state index contributed by atoms with van der Waals surface area (Å²) in [5, 5.41) is 4.94. The molecule has 1 aromatic rings. The number of morpholine rings is 1. The van der Waals surface area contributed by atoms with Crippen molar-refractivity contribution < 1.29 is 27.1 Å². The second kappa shape index (κ2) is 5.96. The van der Waals surface area contributed by atoms with Gasteiger partial charge in [-0.15, -0.1) is 0 Å². The average molecular weight is 318 g/mol. The Morgan fingerprint density at radius 3 is 2.81 bits per heavy atom. The zero-order valence-electron chi connectivity index (χ0n) is 11.3. The predicted molar refractivity (Wildman–Crippen MR) is 71.7 cm³/mol. The van der Waals surface area contributed by atoms with E-state index in [0.29, 0.717) is 6.54 Å². The van der Waals surface area contributed by atoms with Crippen LogP contribution in [0.1, 0.15) is 0 Å². The molecule has 0 aliphatic carbocycles. The third kappa shape index (κ3) is 3.49. The summed E-state index contributed by atoms with van der Waals surface area (Å²) in [6, 6.07) is 3.39. The number of primary sulfonamides is 1. The lowest BCUT2D eigenvalue weighted by Crippen LogP contribution is -2.46. The Labute approximate surface area is 121 Å². The van der Waals surface area contributed by atoms with Crippen LogP contribution in [0.2, 0.25) is 0 Å². The molecule has 1 aliphatic heterocycles. The molecule has 7 nitrogen and oxygen atoms in total. The molecule has 1 fully saturated rings. The molecular weight excluding hydrogens is 303 g/mol. The zero-order valence-corrected chi connectivity index (χ0v) is 12.1. The molecule has 1 aromatic carbocycles. The van der Waals surface area contributed by atoms with Crippen molar-refractivity contribution in [1.82, 2.24) is 0 Å². The van der Waals surface area contributed by atoms with Gasteiger partial charge >= 0.3 is 5.97 Å². The van der Waals surface area contributed by atoms with E-state index in [2.05, 4.69) is 4.74 Å². The van der Waals surface area contributed by atoms with Crippen molar-refractivity contribution in [2.24, 2.45) is 5.14 Å². The highest BCUT2D eigenvalue weighted by Gasteiger charge is 2.29. The van der Waals surface area contributed by atoms with E-state index in [1.807, 2.05) is 0 Å². The van der Waals surface area contributed by atoms with E-state index in [1.54, 1.807) is 4.90 Å². The number of hydrogen-bond donors (Lipinski definition) is 1. The summed E-state index contributed by atoms with van der Waals surface area (Å²) in [6.45, 7) is 0.730. The number of nitrogens with two attached hydrogens (primary N) is 1. The largest absolute Gasteiger partial charge is 0.467 e. The Morgan fingerprint density at radius 1 is 1.52 bits per heavy atom. The van der Waals surface area contributed by atoms with Crippen molar-refractivity contribution in [2.75, 3.05) is 31.7 Å². The van der Waals surface area contributed by atoms with Crippen molar-refractivity contribution >= 4 is 21.7 Å². The molecule has 0 bridgehead atoms. The van der Waals surface area contributed by atoms with E-state index >= 15 is 0 Å². The minimum Gasteiger partial charge on any atom is -0.467 e. The SMILES string of the molecule is COC(=O)C1CN(c2ccc(S(N)(=O)=O)cc2F)CCO1. The van der Waals surface area contributed by atoms with E-state index in [0.717, 1.165) is 6.07 Å². The second-order valence-corrected chi connectivity index (χ2v) is 6.05. The van der Waals surface area contributed by atoms with Crippen LogP contribution in [0.15, 0.2) is 23.1 Å². The molecule has 1 unspecified atom stereocenters. The van der Waals surface area contributed by atoms with E-state index in [-0.39, 0.29) is 23.7 Å². The number of anilines is 1. The normalized spacial score (nSPS) is 19.4. The van der Waals surface area contributed by atoms with Crippen LogP contribution in [0, 0.1) is 5.82 Å². The minimum absolute atomic E-state index is 0.123. The molecule has 0 radical (unpaired) electrons. The van der Waals surface area contributed by atoms with Gasteiger partial charge in [-0.3, -0.25) is 0 Å². The quantitative estimate of drug-likeness (QED) is 0.778. The van der Waals surface area contributed by atoms with Crippen LogP contribution in [0.25, 0.3) is 0 Å². The maximum atomic E-state index is 14.1. The van der Waals surface area contributed by atoms with Gasteiger partial charge in [-0.25, -0.2) is 22.7 Å². The molecule has 1 heterocycles. The molecule has 21 heavy (non-hydrogen) atoms. The maximum absolute atomic E-state index is 14.1. The molecule has 0 amide bonds. The Morgan fingerprint density at radius 2 is 2.24 bits per heavy atom. The van der Waals surface area contributed by atoms with Gasteiger partial charge in [0.25, 0.3) is 0 Å². The van der Waals surface area contributed by atoms with E-state index in [1.165, 1.54) is 19.2 Å². The van der Waals surface area contributed by atoms with Gasteiger partial charge in [0, 0.05) is 6.54 Å². The second-order valence-electron chi connectivity index (χ2n) is 4.49. The molecular formula is C12H15FN2O5S. The van der Waals surface area contributed by atoms with E-state index in [4.69, 9.17) is 9.88 Å². The summed E-state index contributed by atoms with van der Waals surface area (Å²) >= 11 is 0. The van der Waals surface area contributed by atoms with Crippen molar-refractivity contribution in [3.8, 4) is 0 Å². The lowest BCUT2D eigenvalue weighted by Gasteiger charge is -2.33. The Kier molecular flexibility index (Phi) is 4.45. The minimum atomic E-state index is -3.96. The lowest BCUT2D eigenvalue weighted by atomic mass is 10.2. The Hall–Kier alpha value is -1.71. The summed E-state index contributed by atoms with van der Waals surface area (Å²) in [4.78, 5) is 12.7. The van der Waals surface area contributed by atoms with Crippen molar-refractivity contribution in [2.45, 2.75) is 11.0 Å². The number of halogens is 1. The first-order valence-corrected chi connectivity index (χ1v) is 7.64. The first kappa shape index (κ1) is 15.7. The fraction of sp³-hybridized carbons (Fsp3) is 0.417. The van der Waals surface area contributed by atoms with Gasteiger partial charge in [-0.05, 0) is 18.2 Å². The van der Waals surface area contributed by atoms with Gasteiger partial charge in [-0.2, -0.15) is 0 Å². The number of esters is 1. The predicted octanol–water partition coefficient (Wildman–Crippen LogP) is -0.149. The first-order valence-electron chi connectivity index (χ1n) is 6.09. The molecule has 0 aromatic heterocycles. The molecule has 0 saturated carbocycles. The molecule has 2 N–H and O–H groups in total. The molecule has 1 atom stereocenters. The van der Waals surface area contributed by atoms with Gasteiger partial charge in [-0.1, -0.05) is 0 Å². The lowest BCUT2D eigenvalue weighted by molar-refractivity contribution is -0.154. The van der Waals surface area contributed by atoms with Crippen LogP contribution >= 0.6 is 0 Å². The fourth-order valence-electron chi connectivity index (χ4n) is 2.06. The monoisotopic (exact) mass is 318 g/mol. The third-order valence-electron chi connectivity index (χ3n) is 3.12. The molecule has 2 rings (SSSR count). The molecule has 1 saturated heterocycles. The van der Waals surface area contributed by atoms with Crippen molar-refractivity contribution in [3.05, 3.63) is 24.0 Å². The van der Waals surface area contributed by atoms with Crippen LogP contribution in [-0.2, 0) is 24.3 Å². The molecule has 0 spiro atoms. The standard InChI is InChI=1S/C12H15FN2O5S/c1-19-12(16)11-7-15(4-5-20-11)10-3-2-8(6-9(10)13)21(14,17)18/h2-3,6,11H,4-5,7H2,1H3,(H2,14,17,18). The number of methoxy groups -OCH3 is 1. The summed E-state index contributed by atoms with van der Waals surface area (Å²) < 4.78 is 46.2. The van der Waals surface area contributed by atoms with Gasteiger partial charge in [0.1, 0.15) is 5.82 Å². The van der Waals surface area contributed by atoms with Crippen LogP contribution in [0.5, 0.6) is 0 Å². The van der Waals surface area contributed by atoms with Crippen LogP contribution in [-0.4, -0.2) is 47.3 Å². The van der Waals surface area contributed by atoms with E-state index < -0.39 is 27.9 Å². The topological polar surface area (TPSA) is 98.9 Å². The van der Waals surface area contributed by atoms with Crippen LogP contribution < -0.4 is 10.0 Å². The highest BCUT2D eigenvalue weighted by atomic mass is 32.2. The van der Waals surface area contributed by atoms with Gasteiger partial charge < -0.3 is 14.4 Å². The summed E-state index contributed by atoms with van der Waals surface area (Å²) in [7, 11) is -2.72. The molecule has 1 aliphatic rings. The van der Waals surface area contributed by atoms with Crippen LogP contribution in [0.3, 0.4) is 0 Å². The molecule has 9 heteroatoms. The summed E-state index contributed by atoms with van der Waals surface area (Å²) in [5.41, 5.74) is 0.180. The number of carbonyl (C=O) groups is 1. The average Bonchev–Trinajstić information content (AvgIpc) is 2.45. The maximum Gasteiger partial charge on any atom is 0.336 e. The summed E-state index contributed by atoms with van der Waals surface area (Å²) in [6.07, 6.45) is -0.805. The smallest absolute Gasteiger partial charge is 0.336 e. The number of sulfonamides is 1. The number of carbonyl (C=O) groups excluding carboxylic acids is 1. The highest BCUT2D eigenvalue weighted by molar-refractivity contribution is 7.89. The van der Waals surface area contributed by atoms with Crippen LogP contribution in [0.4, 0.5) is 10.1 Å². The van der Waals surface area contributed by atoms with Crippen molar-refractivity contribution in [1.29, 1.82) is 0 Å². The Balaban J connectivity index is 2.24. The number of rotatable bonds is 3. The van der Waals surface area contributed by atoms with Gasteiger partial charge in [0.05, 0.1) is 30.8 Å².